The molecular formula is C30H50O4Si. The van der Waals surface area contributed by atoms with E-state index in [9.17, 15) is 15.0 Å². The standard InChI is InChI=1S/C30H50O4Si/c1-26(2,3)35(6,7)34-14-8-11-29(32)23-16-20(23)25-24-19-15-22(19)30(33)17-18(31)9-12-27(30,4)21(24)10-13-28(25,29)5/h19-25,32-33H,8-17H2,1-7H3/t19?,20-,21?,22-,23?,24?,25?,27-,28+,29+,30-/m1/s1. The van der Waals surface area contributed by atoms with E-state index in [1.165, 1.54) is 6.42 Å². The van der Waals surface area contributed by atoms with Crippen molar-refractivity contribution in [2.24, 2.45) is 52.3 Å². The molecule has 0 aromatic carbocycles. The molecule has 0 aromatic heterocycles. The lowest BCUT2D eigenvalue weighted by Crippen LogP contribution is -2.65. The Morgan fingerprint density at radius 1 is 1.00 bits per heavy atom. The van der Waals surface area contributed by atoms with Gasteiger partial charge in [-0.25, -0.2) is 0 Å². The van der Waals surface area contributed by atoms with Crippen LogP contribution in [0.5, 0.6) is 0 Å². The van der Waals surface area contributed by atoms with Gasteiger partial charge in [0.15, 0.2) is 8.32 Å². The van der Waals surface area contributed by atoms with E-state index in [0.717, 1.165) is 45.1 Å². The van der Waals surface area contributed by atoms with Crippen LogP contribution < -0.4 is 0 Å². The zero-order valence-electron chi connectivity index (χ0n) is 23.3. The van der Waals surface area contributed by atoms with Crippen LogP contribution in [0, 0.1) is 52.3 Å². The maximum Gasteiger partial charge on any atom is 0.191 e. The second-order valence-electron chi connectivity index (χ2n) is 15.9. The number of ketones is 1. The van der Waals surface area contributed by atoms with Gasteiger partial charge in [0.1, 0.15) is 5.78 Å². The number of Topliss-reactive ketones (excluding diaryl/α,β-unsaturated/α-hetero) is 1. The Kier molecular flexibility index (Phi) is 5.18. The predicted octanol–water partition coefficient (Wildman–Crippen LogP) is 5.96. The molecular weight excluding hydrogens is 452 g/mol. The second kappa shape index (κ2) is 7.24. The van der Waals surface area contributed by atoms with Crippen LogP contribution >= 0.6 is 0 Å². The van der Waals surface area contributed by atoms with Gasteiger partial charge in [-0.3, -0.25) is 4.79 Å². The maximum absolute atomic E-state index is 12.4. The molecule has 2 N–H and O–H groups in total. The van der Waals surface area contributed by atoms with Gasteiger partial charge in [-0.05, 0) is 110 Å². The number of carbonyl (C=O) groups excluding carboxylic acids is 1. The van der Waals surface area contributed by atoms with Crippen molar-refractivity contribution < 1.29 is 19.4 Å². The van der Waals surface area contributed by atoms with Gasteiger partial charge in [0.25, 0.3) is 0 Å². The summed E-state index contributed by atoms with van der Waals surface area (Å²) in [5.41, 5.74) is -1.48. The molecule has 6 aliphatic rings. The lowest BCUT2D eigenvalue weighted by atomic mass is 9.42. The highest BCUT2D eigenvalue weighted by atomic mass is 28.4. The van der Waals surface area contributed by atoms with Crippen molar-refractivity contribution in [3.63, 3.8) is 0 Å². The molecule has 0 amide bonds. The molecule has 11 atom stereocenters. The van der Waals surface area contributed by atoms with Crippen molar-refractivity contribution in [3.8, 4) is 0 Å². The van der Waals surface area contributed by atoms with E-state index in [0.29, 0.717) is 54.3 Å². The molecule has 6 rings (SSSR count). The molecule has 5 unspecified atom stereocenters. The molecule has 198 valence electrons. The van der Waals surface area contributed by atoms with E-state index in [4.69, 9.17) is 4.43 Å². The molecule has 0 heterocycles. The minimum atomic E-state index is -1.76. The summed E-state index contributed by atoms with van der Waals surface area (Å²) < 4.78 is 6.49. The average molecular weight is 503 g/mol. The van der Waals surface area contributed by atoms with Crippen LogP contribution in [-0.2, 0) is 9.22 Å². The summed E-state index contributed by atoms with van der Waals surface area (Å²) in [6.07, 6.45) is 8.19. The van der Waals surface area contributed by atoms with Crippen molar-refractivity contribution in [3.05, 3.63) is 0 Å². The largest absolute Gasteiger partial charge is 0.417 e. The Bertz CT molecular complexity index is 926. The number of hydrogen-bond donors (Lipinski definition) is 2. The Morgan fingerprint density at radius 3 is 2.37 bits per heavy atom. The summed E-state index contributed by atoms with van der Waals surface area (Å²) in [4.78, 5) is 12.4. The Balaban J connectivity index is 1.22. The van der Waals surface area contributed by atoms with Crippen molar-refractivity contribution in [1.82, 2.24) is 0 Å². The summed E-state index contributed by atoms with van der Waals surface area (Å²) in [6.45, 7) is 17.1. The van der Waals surface area contributed by atoms with Gasteiger partial charge in [0.05, 0.1) is 11.2 Å². The smallest absolute Gasteiger partial charge is 0.191 e. The molecule has 0 saturated heterocycles. The van der Waals surface area contributed by atoms with E-state index < -0.39 is 19.5 Å². The molecule has 0 spiro atoms. The third-order valence-corrected chi connectivity index (χ3v) is 18.1. The lowest BCUT2D eigenvalue weighted by Gasteiger charge is -2.64. The Hall–Kier alpha value is -0.233. The van der Waals surface area contributed by atoms with Crippen LogP contribution in [0.1, 0.15) is 92.4 Å². The quantitative estimate of drug-likeness (QED) is 0.360. The van der Waals surface area contributed by atoms with Crippen molar-refractivity contribution in [1.29, 1.82) is 0 Å². The average Bonchev–Trinajstić information content (AvgIpc) is 3.65. The number of carbonyl (C=O) groups is 1. The number of fused-ring (bicyclic) bond motifs is 10. The van der Waals surface area contributed by atoms with E-state index in [2.05, 4.69) is 47.7 Å². The van der Waals surface area contributed by atoms with Crippen LogP contribution in [-0.4, -0.2) is 42.1 Å². The molecule has 35 heavy (non-hydrogen) atoms. The second-order valence-corrected chi connectivity index (χ2v) is 20.7. The first-order chi connectivity index (χ1) is 16.1. The fourth-order valence-electron chi connectivity index (χ4n) is 10.5. The normalized spacial score (nSPS) is 54.3. The summed E-state index contributed by atoms with van der Waals surface area (Å²) in [7, 11) is -1.76. The van der Waals surface area contributed by atoms with E-state index >= 15 is 0 Å². The first-order valence-electron chi connectivity index (χ1n) is 14.7. The number of aliphatic hydroxyl groups is 2. The van der Waals surface area contributed by atoms with Gasteiger partial charge in [0, 0.05) is 24.9 Å². The predicted molar refractivity (Wildman–Crippen MR) is 140 cm³/mol. The minimum absolute atomic E-state index is 0.0117. The zero-order valence-corrected chi connectivity index (χ0v) is 24.3. The number of rotatable bonds is 5. The molecule has 0 radical (unpaired) electrons. The highest BCUT2D eigenvalue weighted by Gasteiger charge is 2.81. The third-order valence-electron chi connectivity index (χ3n) is 13.6. The van der Waals surface area contributed by atoms with E-state index in [1.54, 1.807) is 0 Å². The van der Waals surface area contributed by atoms with Crippen molar-refractivity contribution >= 4 is 14.1 Å². The van der Waals surface area contributed by atoms with Crippen LogP contribution in [0.4, 0.5) is 0 Å². The van der Waals surface area contributed by atoms with E-state index in [-0.39, 0.29) is 21.7 Å². The van der Waals surface area contributed by atoms with Gasteiger partial charge >= 0.3 is 0 Å². The highest BCUT2D eigenvalue weighted by molar-refractivity contribution is 6.74. The lowest BCUT2D eigenvalue weighted by molar-refractivity contribution is -0.223. The van der Waals surface area contributed by atoms with Gasteiger partial charge < -0.3 is 14.6 Å². The fraction of sp³-hybridized carbons (Fsp3) is 0.967. The van der Waals surface area contributed by atoms with Crippen LogP contribution in [0.25, 0.3) is 0 Å². The third kappa shape index (κ3) is 3.10. The molecule has 5 heteroatoms. The summed E-state index contributed by atoms with van der Waals surface area (Å²) in [6, 6.07) is 0. The molecule has 0 aliphatic heterocycles. The van der Waals surface area contributed by atoms with Gasteiger partial charge in [-0.1, -0.05) is 34.6 Å². The van der Waals surface area contributed by atoms with Crippen LogP contribution in [0.2, 0.25) is 18.1 Å². The number of hydrogen-bond acceptors (Lipinski definition) is 4. The SMILES string of the molecule is CC(C)(C)[Si](C)(C)OCCC[C@]1(O)C2C[C@H]2C2C3C4C[C@H]4[C@]4(O)CC(=O)CC[C@]4(C)C3CC[C@@]21C. The maximum atomic E-state index is 12.4. The molecule has 4 nitrogen and oxygen atoms in total. The van der Waals surface area contributed by atoms with Gasteiger partial charge in [0.2, 0.25) is 0 Å². The summed E-state index contributed by atoms with van der Waals surface area (Å²) in [5.74, 6) is 4.00. The molecule has 6 saturated carbocycles. The first kappa shape index (κ1) is 25.1. The molecule has 6 aliphatic carbocycles. The van der Waals surface area contributed by atoms with Crippen LogP contribution in [0.3, 0.4) is 0 Å². The fourth-order valence-corrected chi connectivity index (χ4v) is 11.5. The van der Waals surface area contributed by atoms with Crippen LogP contribution in [0.15, 0.2) is 0 Å². The van der Waals surface area contributed by atoms with Crippen molar-refractivity contribution in [2.75, 3.05) is 6.61 Å². The first-order valence-corrected chi connectivity index (χ1v) is 17.6. The van der Waals surface area contributed by atoms with Gasteiger partial charge in [-0.15, -0.1) is 0 Å². The molecule has 0 bridgehead atoms. The monoisotopic (exact) mass is 502 g/mol. The molecule has 6 fully saturated rings. The van der Waals surface area contributed by atoms with E-state index in [1.807, 2.05) is 0 Å². The zero-order chi connectivity index (χ0) is 25.4. The Labute approximate surface area is 214 Å². The Morgan fingerprint density at radius 2 is 1.69 bits per heavy atom. The van der Waals surface area contributed by atoms with Crippen molar-refractivity contribution in [2.45, 2.75) is 122 Å². The highest BCUT2D eigenvalue weighted by Crippen LogP contribution is 2.82. The molecule has 0 aromatic rings. The summed E-state index contributed by atoms with van der Waals surface area (Å²) >= 11 is 0. The minimum Gasteiger partial charge on any atom is -0.417 e. The topological polar surface area (TPSA) is 66.8 Å². The van der Waals surface area contributed by atoms with Gasteiger partial charge in [-0.2, -0.15) is 0 Å². The summed E-state index contributed by atoms with van der Waals surface area (Å²) in [5, 5.41) is 24.5.